The van der Waals surface area contributed by atoms with E-state index in [2.05, 4.69) is 4.90 Å². The Kier molecular flexibility index (Phi) is 6.37. The normalized spacial score (nSPS) is 15.1. The summed E-state index contributed by atoms with van der Waals surface area (Å²) in [5.74, 6) is -1.66. The summed E-state index contributed by atoms with van der Waals surface area (Å²) in [6, 6.07) is 18.1. The molecule has 3 aromatic rings. The van der Waals surface area contributed by atoms with Gasteiger partial charge in [-0.3, -0.25) is 9.69 Å². The zero-order valence-electron chi connectivity index (χ0n) is 17.0. The minimum Gasteiger partial charge on any atom is -0.305 e. The average Bonchev–Trinajstić information content (AvgIpc) is 2.78. The van der Waals surface area contributed by atoms with Crippen LogP contribution in [0.1, 0.15) is 28.8 Å². The molecule has 1 saturated heterocycles. The van der Waals surface area contributed by atoms with Crippen LogP contribution in [0.5, 0.6) is 0 Å². The van der Waals surface area contributed by atoms with Crippen molar-refractivity contribution in [1.82, 2.24) is 4.90 Å². The van der Waals surface area contributed by atoms with Gasteiger partial charge in [-0.15, -0.1) is 0 Å². The first kappa shape index (κ1) is 21.1. The Morgan fingerprint density at radius 2 is 1.45 bits per heavy atom. The Morgan fingerprint density at radius 3 is 2.10 bits per heavy atom. The zero-order chi connectivity index (χ0) is 21.8. The van der Waals surface area contributed by atoms with Crippen LogP contribution in [-0.4, -0.2) is 29.9 Å². The molecular formula is C25H23F3N2O. The largest absolute Gasteiger partial charge is 0.305 e. The maximum atomic E-state index is 14.3. The Hall–Kier alpha value is -3.12. The predicted molar refractivity (Wildman–Crippen MR) is 114 cm³/mol. The molecule has 160 valence electrons. The van der Waals surface area contributed by atoms with E-state index in [1.54, 1.807) is 35.2 Å². The molecule has 0 saturated carbocycles. The molecule has 1 fully saturated rings. The number of halogens is 3. The van der Waals surface area contributed by atoms with Crippen molar-refractivity contribution < 1.29 is 18.0 Å². The first-order chi connectivity index (χ1) is 15.0. The number of likely N-dealkylation sites (tertiary alicyclic amines) is 1. The molecule has 4 rings (SSSR count). The summed E-state index contributed by atoms with van der Waals surface area (Å²) in [5, 5.41) is 0. The van der Waals surface area contributed by atoms with E-state index < -0.39 is 17.5 Å². The Bertz CT molecular complexity index is 1050. The van der Waals surface area contributed by atoms with Crippen LogP contribution < -0.4 is 4.90 Å². The second-order valence-corrected chi connectivity index (χ2v) is 7.73. The Morgan fingerprint density at radius 1 is 0.839 bits per heavy atom. The summed E-state index contributed by atoms with van der Waals surface area (Å²) in [5.41, 5.74) is 1.15. The Balaban J connectivity index is 1.54. The highest BCUT2D eigenvalue weighted by molar-refractivity contribution is 6.06. The fraction of sp³-hybridized carbons (Fsp3) is 0.240. The van der Waals surface area contributed by atoms with Crippen LogP contribution in [0.4, 0.5) is 18.9 Å². The molecule has 1 aliphatic rings. The van der Waals surface area contributed by atoms with Gasteiger partial charge in [0.2, 0.25) is 0 Å². The first-order valence-corrected chi connectivity index (χ1v) is 10.3. The number of piperidine rings is 1. The summed E-state index contributed by atoms with van der Waals surface area (Å²) in [4.78, 5) is 17.0. The molecule has 0 aliphatic carbocycles. The topological polar surface area (TPSA) is 23.6 Å². The Labute approximate surface area is 179 Å². The molecule has 0 spiro atoms. The van der Waals surface area contributed by atoms with Gasteiger partial charge in [0.1, 0.15) is 17.5 Å². The smallest absolute Gasteiger partial charge is 0.261 e. The highest BCUT2D eigenvalue weighted by Gasteiger charge is 2.31. The standard InChI is InChI=1S/C25H23F3N2O/c26-19-9-11-20(12-10-19)30(25(31)22-6-2-4-8-24(22)28)21-13-15-29(16-14-21)17-18-5-1-3-7-23(18)27/h1-12,21H,13-17H2. The number of nitrogens with zero attached hydrogens (tertiary/aromatic N) is 2. The number of hydrogen-bond donors (Lipinski definition) is 0. The SMILES string of the molecule is O=C(c1ccccc1F)N(c1ccc(F)cc1)C1CCN(Cc2ccccc2F)CC1. The molecule has 1 aliphatic heterocycles. The lowest BCUT2D eigenvalue weighted by molar-refractivity contribution is 0.0954. The van der Waals surface area contributed by atoms with Crippen molar-refractivity contribution in [3.63, 3.8) is 0 Å². The second kappa shape index (κ2) is 9.35. The minimum atomic E-state index is -0.586. The third-order valence-corrected chi connectivity index (χ3v) is 5.70. The van der Waals surface area contributed by atoms with Gasteiger partial charge in [-0.25, -0.2) is 13.2 Å². The third-order valence-electron chi connectivity index (χ3n) is 5.70. The van der Waals surface area contributed by atoms with Crippen molar-refractivity contribution in [3.05, 3.63) is 101 Å². The molecule has 0 unspecified atom stereocenters. The zero-order valence-corrected chi connectivity index (χ0v) is 17.0. The van der Waals surface area contributed by atoms with Gasteiger partial charge >= 0.3 is 0 Å². The van der Waals surface area contributed by atoms with Gasteiger partial charge in [0.15, 0.2) is 0 Å². The van der Waals surface area contributed by atoms with Gasteiger partial charge in [0.05, 0.1) is 5.56 Å². The summed E-state index contributed by atoms with van der Waals surface area (Å²) in [6.07, 6.45) is 1.29. The van der Waals surface area contributed by atoms with Crippen molar-refractivity contribution in [1.29, 1.82) is 0 Å². The molecular weight excluding hydrogens is 401 g/mol. The third kappa shape index (κ3) is 4.80. The molecule has 3 nitrogen and oxygen atoms in total. The van der Waals surface area contributed by atoms with Crippen molar-refractivity contribution in [3.8, 4) is 0 Å². The number of anilines is 1. The van der Waals surface area contributed by atoms with E-state index in [4.69, 9.17) is 0 Å². The quantitative estimate of drug-likeness (QED) is 0.546. The van der Waals surface area contributed by atoms with Gasteiger partial charge in [-0.2, -0.15) is 0 Å². The van der Waals surface area contributed by atoms with E-state index in [9.17, 15) is 18.0 Å². The van der Waals surface area contributed by atoms with Crippen LogP contribution in [0.3, 0.4) is 0 Å². The van der Waals surface area contributed by atoms with E-state index >= 15 is 0 Å². The fourth-order valence-corrected chi connectivity index (χ4v) is 4.06. The van der Waals surface area contributed by atoms with E-state index in [-0.39, 0.29) is 17.4 Å². The van der Waals surface area contributed by atoms with Gasteiger partial charge < -0.3 is 4.90 Å². The van der Waals surface area contributed by atoms with E-state index in [0.717, 1.165) is 0 Å². The van der Waals surface area contributed by atoms with Crippen LogP contribution >= 0.6 is 0 Å². The van der Waals surface area contributed by atoms with Gasteiger partial charge in [0.25, 0.3) is 5.91 Å². The lowest BCUT2D eigenvalue weighted by atomic mass is 10.00. The highest BCUT2D eigenvalue weighted by Crippen LogP contribution is 2.27. The summed E-state index contributed by atoms with van der Waals surface area (Å²) in [6.45, 7) is 1.83. The number of benzene rings is 3. The summed E-state index contributed by atoms with van der Waals surface area (Å²) < 4.78 is 41.8. The average molecular weight is 424 g/mol. The number of amides is 1. The molecule has 0 bridgehead atoms. The monoisotopic (exact) mass is 424 g/mol. The molecule has 3 aromatic carbocycles. The number of hydrogen-bond acceptors (Lipinski definition) is 2. The van der Waals surface area contributed by atoms with Crippen molar-refractivity contribution in [2.75, 3.05) is 18.0 Å². The van der Waals surface area contributed by atoms with Gasteiger partial charge in [-0.05, 0) is 55.3 Å². The van der Waals surface area contributed by atoms with Crippen LogP contribution in [0.2, 0.25) is 0 Å². The molecule has 0 N–H and O–H groups in total. The van der Waals surface area contributed by atoms with Crippen LogP contribution in [0, 0.1) is 17.5 Å². The molecule has 0 aromatic heterocycles. The summed E-state index contributed by atoms with van der Waals surface area (Å²) >= 11 is 0. The lowest BCUT2D eigenvalue weighted by Crippen LogP contribution is -2.47. The minimum absolute atomic E-state index is 0.0133. The molecule has 1 amide bonds. The molecule has 31 heavy (non-hydrogen) atoms. The highest BCUT2D eigenvalue weighted by atomic mass is 19.1. The number of carbonyl (C=O) groups is 1. The van der Waals surface area contributed by atoms with Crippen LogP contribution in [0.15, 0.2) is 72.8 Å². The predicted octanol–water partition coefficient (Wildman–Crippen LogP) is 5.42. The fourth-order valence-electron chi connectivity index (χ4n) is 4.06. The van der Waals surface area contributed by atoms with E-state index in [1.165, 1.54) is 36.4 Å². The van der Waals surface area contributed by atoms with Gasteiger partial charge in [0, 0.05) is 36.9 Å². The lowest BCUT2D eigenvalue weighted by Gasteiger charge is -2.38. The van der Waals surface area contributed by atoms with E-state index in [1.807, 2.05) is 6.07 Å². The summed E-state index contributed by atoms with van der Waals surface area (Å²) in [7, 11) is 0. The molecule has 1 heterocycles. The van der Waals surface area contributed by atoms with Crippen LogP contribution in [0.25, 0.3) is 0 Å². The number of carbonyl (C=O) groups excluding carboxylic acids is 1. The first-order valence-electron chi connectivity index (χ1n) is 10.3. The molecule has 0 radical (unpaired) electrons. The van der Waals surface area contributed by atoms with Crippen molar-refractivity contribution >= 4 is 11.6 Å². The maximum absolute atomic E-state index is 14.3. The van der Waals surface area contributed by atoms with Gasteiger partial charge in [-0.1, -0.05) is 30.3 Å². The molecule has 0 atom stereocenters. The van der Waals surface area contributed by atoms with Crippen molar-refractivity contribution in [2.24, 2.45) is 0 Å². The van der Waals surface area contributed by atoms with Crippen LogP contribution in [-0.2, 0) is 6.54 Å². The molecule has 6 heteroatoms. The maximum Gasteiger partial charge on any atom is 0.261 e. The second-order valence-electron chi connectivity index (χ2n) is 7.73. The van der Waals surface area contributed by atoms with Crippen molar-refractivity contribution in [2.45, 2.75) is 25.4 Å². The van der Waals surface area contributed by atoms with E-state index in [0.29, 0.717) is 43.7 Å². The number of rotatable bonds is 5.